The third kappa shape index (κ3) is 0.959. The molecule has 0 aromatic heterocycles. The summed E-state index contributed by atoms with van der Waals surface area (Å²) in [5, 5.41) is 9.42. The Morgan fingerprint density at radius 3 is 3.18 bits per heavy atom. The zero-order valence-corrected chi connectivity index (χ0v) is 6.12. The lowest BCUT2D eigenvalue weighted by Crippen LogP contribution is -2.25. The van der Waals surface area contributed by atoms with E-state index in [1.807, 2.05) is 6.08 Å². The molecular weight excluding hydrogens is 144 g/mol. The molecule has 0 aromatic rings. The molecule has 1 fully saturated rings. The van der Waals surface area contributed by atoms with E-state index in [4.69, 9.17) is 4.74 Å². The molecule has 60 valence electrons. The largest absolute Gasteiger partial charge is 0.462 e. The third-order valence-corrected chi connectivity index (χ3v) is 2.32. The van der Waals surface area contributed by atoms with Crippen molar-refractivity contribution in [3.05, 3.63) is 11.6 Å². The summed E-state index contributed by atoms with van der Waals surface area (Å²) < 4.78 is 4.80. The van der Waals surface area contributed by atoms with Crippen molar-refractivity contribution in [1.29, 1.82) is 0 Å². The van der Waals surface area contributed by atoms with E-state index in [2.05, 4.69) is 0 Å². The van der Waals surface area contributed by atoms with Crippen molar-refractivity contribution < 1.29 is 14.6 Å². The highest BCUT2D eigenvalue weighted by Crippen LogP contribution is 2.30. The highest BCUT2D eigenvalue weighted by atomic mass is 16.5. The van der Waals surface area contributed by atoms with Crippen LogP contribution in [0.5, 0.6) is 0 Å². The van der Waals surface area contributed by atoms with E-state index in [1.54, 1.807) is 0 Å². The fourth-order valence-corrected chi connectivity index (χ4v) is 1.65. The van der Waals surface area contributed by atoms with Crippen molar-refractivity contribution in [2.75, 3.05) is 6.61 Å². The van der Waals surface area contributed by atoms with Crippen molar-refractivity contribution in [3.8, 4) is 0 Å². The first kappa shape index (κ1) is 6.85. The average Bonchev–Trinajstić information content (AvgIpc) is 2.35. The maximum atomic E-state index is 11.0. The Bertz CT molecular complexity index is 219. The molecule has 1 aliphatic carbocycles. The summed E-state index contributed by atoms with van der Waals surface area (Å²) in [5.41, 5.74) is 0.684. The van der Waals surface area contributed by atoms with Crippen LogP contribution in [0.25, 0.3) is 0 Å². The van der Waals surface area contributed by atoms with Gasteiger partial charge in [0.2, 0.25) is 0 Å². The number of aliphatic hydroxyl groups excluding tert-OH is 1. The summed E-state index contributed by atoms with van der Waals surface area (Å²) in [6.07, 6.45) is 3.06. The van der Waals surface area contributed by atoms with E-state index < -0.39 is 0 Å². The topological polar surface area (TPSA) is 46.5 Å². The highest BCUT2D eigenvalue weighted by molar-refractivity contribution is 5.91. The summed E-state index contributed by atoms with van der Waals surface area (Å²) in [5.74, 6) is -0.287. The van der Waals surface area contributed by atoms with Crippen LogP contribution in [0.3, 0.4) is 0 Å². The van der Waals surface area contributed by atoms with Crippen molar-refractivity contribution in [1.82, 2.24) is 0 Å². The molecule has 1 saturated heterocycles. The average molecular weight is 154 g/mol. The number of hydrogen-bond acceptors (Lipinski definition) is 3. The van der Waals surface area contributed by atoms with Gasteiger partial charge in [-0.3, -0.25) is 0 Å². The molecule has 2 unspecified atom stereocenters. The Hall–Kier alpha value is -0.830. The molecule has 3 heteroatoms. The zero-order chi connectivity index (χ0) is 7.84. The standard InChI is InChI=1S/C8H10O3/c9-7-3-1-2-5-6(7)4-11-8(5)10/h2,6-7,9H,1,3-4H2. The minimum Gasteiger partial charge on any atom is -0.462 e. The Kier molecular flexibility index (Phi) is 1.46. The fourth-order valence-electron chi connectivity index (χ4n) is 1.65. The molecule has 1 aliphatic heterocycles. The quantitative estimate of drug-likeness (QED) is 0.508. The van der Waals surface area contributed by atoms with Crippen LogP contribution in [0, 0.1) is 5.92 Å². The van der Waals surface area contributed by atoms with Gasteiger partial charge in [0.15, 0.2) is 0 Å². The maximum Gasteiger partial charge on any atom is 0.334 e. The van der Waals surface area contributed by atoms with Gasteiger partial charge in [-0.15, -0.1) is 0 Å². The number of cyclic esters (lactones) is 1. The lowest BCUT2D eigenvalue weighted by atomic mass is 9.87. The molecule has 0 bridgehead atoms. The summed E-state index contributed by atoms with van der Waals surface area (Å²) in [7, 11) is 0. The molecule has 0 aromatic carbocycles. The summed E-state index contributed by atoms with van der Waals surface area (Å²) >= 11 is 0. The molecule has 0 spiro atoms. The molecule has 0 amide bonds. The monoisotopic (exact) mass is 154 g/mol. The van der Waals surface area contributed by atoms with Gasteiger partial charge in [-0.1, -0.05) is 6.08 Å². The van der Waals surface area contributed by atoms with Crippen LogP contribution < -0.4 is 0 Å². The van der Waals surface area contributed by atoms with Crippen molar-refractivity contribution in [3.63, 3.8) is 0 Å². The van der Waals surface area contributed by atoms with E-state index in [-0.39, 0.29) is 18.0 Å². The van der Waals surface area contributed by atoms with Gasteiger partial charge in [0.05, 0.1) is 12.0 Å². The Morgan fingerprint density at radius 2 is 2.45 bits per heavy atom. The Morgan fingerprint density at radius 1 is 1.64 bits per heavy atom. The first-order valence-corrected chi connectivity index (χ1v) is 3.84. The predicted octanol–water partition coefficient (Wildman–Crippen LogP) is 0.240. The normalized spacial score (nSPS) is 36.1. The van der Waals surface area contributed by atoms with Crippen LogP contribution in [0.15, 0.2) is 11.6 Å². The Labute approximate surface area is 64.7 Å². The summed E-state index contributed by atoms with van der Waals surface area (Å²) in [6.45, 7) is 0.367. The number of fused-ring (bicyclic) bond motifs is 1. The van der Waals surface area contributed by atoms with Crippen LogP contribution >= 0.6 is 0 Å². The SMILES string of the molecule is O=C1OCC2C1=CCCC2O. The van der Waals surface area contributed by atoms with E-state index in [0.29, 0.717) is 12.2 Å². The van der Waals surface area contributed by atoms with Crippen LogP contribution in [-0.4, -0.2) is 23.8 Å². The lowest BCUT2D eigenvalue weighted by molar-refractivity contribution is -0.135. The van der Waals surface area contributed by atoms with Gasteiger partial charge in [0, 0.05) is 5.57 Å². The van der Waals surface area contributed by atoms with Gasteiger partial charge < -0.3 is 9.84 Å². The molecule has 3 nitrogen and oxygen atoms in total. The summed E-state index contributed by atoms with van der Waals surface area (Å²) in [4.78, 5) is 11.0. The van der Waals surface area contributed by atoms with Crippen molar-refractivity contribution >= 4 is 5.97 Å². The number of esters is 1. The summed E-state index contributed by atoms with van der Waals surface area (Å²) in [6, 6.07) is 0. The molecule has 2 atom stereocenters. The van der Waals surface area contributed by atoms with Gasteiger partial charge in [-0.25, -0.2) is 4.79 Å². The van der Waals surface area contributed by atoms with Gasteiger partial charge >= 0.3 is 5.97 Å². The fraction of sp³-hybridized carbons (Fsp3) is 0.625. The second-order valence-electron chi connectivity index (χ2n) is 3.01. The Balaban J connectivity index is 2.28. The van der Waals surface area contributed by atoms with E-state index in [9.17, 15) is 9.90 Å². The van der Waals surface area contributed by atoms with Crippen LogP contribution in [0.1, 0.15) is 12.8 Å². The smallest absolute Gasteiger partial charge is 0.334 e. The number of carbonyl (C=O) groups excluding carboxylic acids is 1. The first-order chi connectivity index (χ1) is 5.29. The minimum atomic E-state index is -0.374. The second kappa shape index (κ2) is 2.34. The molecular formula is C8H10O3. The van der Waals surface area contributed by atoms with Crippen molar-refractivity contribution in [2.45, 2.75) is 18.9 Å². The minimum absolute atomic E-state index is 0.0451. The first-order valence-electron chi connectivity index (χ1n) is 3.84. The molecule has 11 heavy (non-hydrogen) atoms. The zero-order valence-electron chi connectivity index (χ0n) is 6.12. The van der Waals surface area contributed by atoms with E-state index >= 15 is 0 Å². The number of rotatable bonds is 0. The maximum absolute atomic E-state index is 11.0. The molecule has 2 aliphatic rings. The van der Waals surface area contributed by atoms with Gasteiger partial charge in [-0.2, -0.15) is 0 Å². The van der Waals surface area contributed by atoms with Crippen LogP contribution in [0.4, 0.5) is 0 Å². The number of aliphatic hydroxyl groups is 1. The number of allylic oxidation sites excluding steroid dienone is 1. The van der Waals surface area contributed by atoms with Crippen LogP contribution in [-0.2, 0) is 9.53 Å². The molecule has 0 saturated carbocycles. The van der Waals surface area contributed by atoms with Crippen LogP contribution in [0.2, 0.25) is 0 Å². The van der Waals surface area contributed by atoms with Crippen molar-refractivity contribution in [2.24, 2.45) is 5.92 Å². The number of hydrogen-bond donors (Lipinski definition) is 1. The highest BCUT2D eigenvalue weighted by Gasteiger charge is 2.37. The second-order valence-corrected chi connectivity index (χ2v) is 3.01. The van der Waals surface area contributed by atoms with Gasteiger partial charge in [0.25, 0.3) is 0 Å². The number of carbonyl (C=O) groups is 1. The molecule has 2 rings (SSSR count). The van der Waals surface area contributed by atoms with E-state index in [0.717, 1.165) is 12.8 Å². The molecule has 1 heterocycles. The number of ether oxygens (including phenoxy) is 1. The molecule has 1 N–H and O–H groups in total. The van der Waals surface area contributed by atoms with Gasteiger partial charge in [0.1, 0.15) is 6.61 Å². The molecule has 0 radical (unpaired) electrons. The predicted molar refractivity (Wildman–Crippen MR) is 37.8 cm³/mol. The lowest BCUT2D eigenvalue weighted by Gasteiger charge is -2.19. The third-order valence-electron chi connectivity index (χ3n) is 2.32. The van der Waals surface area contributed by atoms with Gasteiger partial charge in [-0.05, 0) is 12.8 Å². The van der Waals surface area contributed by atoms with E-state index in [1.165, 1.54) is 0 Å².